The summed E-state index contributed by atoms with van der Waals surface area (Å²) in [6, 6.07) is 8.91. The highest BCUT2D eigenvalue weighted by Gasteiger charge is 2.35. The summed E-state index contributed by atoms with van der Waals surface area (Å²) in [5.41, 5.74) is 0.957. The third kappa shape index (κ3) is 4.05. The average molecular weight is 297 g/mol. The fourth-order valence-corrected chi connectivity index (χ4v) is 3.95. The van der Waals surface area contributed by atoms with Crippen molar-refractivity contribution in [2.75, 3.05) is 5.75 Å². The van der Waals surface area contributed by atoms with E-state index in [1.54, 1.807) is 0 Å². The molecule has 2 atom stereocenters. The third-order valence-corrected chi connectivity index (χ3v) is 5.07. The number of nitrogens with one attached hydrogen (secondary N) is 1. The standard InChI is InChI=1S/C14H19NO4S/c16-14(17)12-7-4-8-13(12)15-20(18,19)10-9-11-5-2-1-3-6-11/h1-3,5-6,12-13,15H,4,7-10H2,(H,16,17). The molecule has 1 aliphatic carbocycles. The van der Waals surface area contributed by atoms with E-state index in [-0.39, 0.29) is 5.75 Å². The molecule has 0 saturated heterocycles. The van der Waals surface area contributed by atoms with Crippen molar-refractivity contribution >= 4 is 16.0 Å². The van der Waals surface area contributed by atoms with Gasteiger partial charge in [-0.3, -0.25) is 4.79 Å². The second-order valence-corrected chi connectivity index (χ2v) is 7.03. The Bertz CT molecular complexity index is 556. The maximum Gasteiger partial charge on any atom is 0.308 e. The maximum atomic E-state index is 12.0. The summed E-state index contributed by atoms with van der Waals surface area (Å²) in [7, 11) is -3.44. The molecule has 1 saturated carbocycles. The summed E-state index contributed by atoms with van der Waals surface area (Å²) in [6.07, 6.45) is 2.33. The fraction of sp³-hybridized carbons (Fsp3) is 0.500. The monoisotopic (exact) mass is 297 g/mol. The lowest BCUT2D eigenvalue weighted by Crippen LogP contribution is -2.41. The van der Waals surface area contributed by atoms with Crippen LogP contribution >= 0.6 is 0 Å². The topological polar surface area (TPSA) is 83.5 Å². The van der Waals surface area contributed by atoms with Gasteiger partial charge >= 0.3 is 5.97 Å². The molecule has 0 aromatic heterocycles. The van der Waals surface area contributed by atoms with Gasteiger partial charge in [0, 0.05) is 6.04 Å². The molecule has 0 heterocycles. The Balaban J connectivity index is 1.92. The molecular weight excluding hydrogens is 278 g/mol. The lowest BCUT2D eigenvalue weighted by molar-refractivity contribution is -0.141. The molecule has 6 heteroatoms. The molecule has 0 spiro atoms. The highest BCUT2D eigenvalue weighted by atomic mass is 32.2. The molecule has 20 heavy (non-hydrogen) atoms. The summed E-state index contributed by atoms with van der Waals surface area (Å²) in [6.45, 7) is 0. The molecule has 1 fully saturated rings. The first kappa shape index (κ1) is 15.0. The van der Waals surface area contributed by atoms with Gasteiger partial charge in [0.05, 0.1) is 11.7 Å². The third-order valence-electron chi connectivity index (χ3n) is 3.67. The van der Waals surface area contributed by atoms with Crippen molar-refractivity contribution in [3.8, 4) is 0 Å². The Kier molecular flexibility index (Phi) is 4.77. The van der Waals surface area contributed by atoms with E-state index in [1.807, 2.05) is 30.3 Å². The molecule has 1 aliphatic rings. The van der Waals surface area contributed by atoms with E-state index in [4.69, 9.17) is 5.11 Å². The molecule has 5 nitrogen and oxygen atoms in total. The predicted molar refractivity (Wildman–Crippen MR) is 75.8 cm³/mol. The molecule has 0 aliphatic heterocycles. The number of carbonyl (C=O) groups is 1. The average Bonchev–Trinajstić information content (AvgIpc) is 2.85. The molecule has 2 N–H and O–H groups in total. The van der Waals surface area contributed by atoms with Gasteiger partial charge in [-0.15, -0.1) is 0 Å². The predicted octanol–water partition coefficient (Wildman–Crippen LogP) is 1.40. The molecule has 2 rings (SSSR count). The fourth-order valence-electron chi connectivity index (χ4n) is 2.58. The zero-order valence-corrected chi connectivity index (χ0v) is 12.0. The van der Waals surface area contributed by atoms with Gasteiger partial charge in [-0.05, 0) is 24.8 Å². The number of aliphatic carboxylic acids is 1. The van der Waals surface area contributed by atoms with Crippen molar-refractivity contribution in [2.24, 2.45) is 5.92 Å². The van der Waals surface area contributed by atoms with Crippen molar-refractivity contribution in [1.29, 1.82) is 0 Å². The van der Waals surface area contributed by atoms with Crippen LogP contribution in [-0.2, 0) is 21.2 Å². The molecule has 0 radical (unpaired) electrons. The summed E-state index contributed by atoms with van der Waals surface area (Å²) < 4.78 is 26.6. The summed E-state index contributed by atoms with van der Waals surface area (Å²) in [4.78, 5) is 11.0. The van der Waals surface area contributed by atoms with E-state index < -0.39 is 28.0 Å². The smallest absolute Gasteiger partial charge is 0.308 e. The molecular formula is C14H19NO4S. The Hall–Kier alpha value is -1.40. The molecule has 2 unspecified atom stereocenters. The molecule has 1 aromatic carbocycles. The SMILES string of the molecule is O=C(O)C1CCCC1NS(=O)(=O)CCc1ccccc1. The van der Waals surface area contributed by atoms with Gasteiger partial charge in [-0.2, -0.15) is 0 Å². The maximum absolute atomic E-state index is 12.0. The minimum atomic E-state index is -3.44. The molecule has 0 amide bonds. The normalized spacial score (nSPS) is 22.8. The van der Waals surface area contributed by atoms with Crippen LogP contribution in [0, 0.1) is 5.92 Å². The summed E-state index contributed by atoms with van der Waals surface area (Å²) in [5, 5.41) is 9.05. The molecule has 1 aromatic rings. The minimum Gasteiger partial charge on any atom is -0.481 e. The van der Waals surface area contributed by atoms with Crippen LogP contribution in [0.4, 0.5) is 0 Å². The lowest BCUT2D eigenvalue weighted by Gasteiger charge is -2.17. The molecule has 0 bridgehead atoms. The number of hydrogen-bond acceptors (Lipinski definition) is 3. The minimum absolute atomic E-state index is 0.0140. The second-order valence-electron chi connectivity index (χ2n) is 5.15. The van der Waals surface area contributed by atoms with Gasteiger partial charge in [0.25, 0.3) is 0 Å². The van der Waals surface area contributed by atoms with E-state index in [0.717, 1.165) is 12.0 Å². The zero-order chi connectivity index (χ0) is 14.6. The zero-order valence-electron chi connectivity index (χ0n) is 11.2. The second kappa shape index (κ2) is 6.37. The Morgan fingerprint density at radius 3 is 2.60 bits per heavy atom. The highest BCUT2D eigenvalue weighted by molar-refractivity contribution is 7.89. The van der Waals surface area contributed by atoms with Crippen LogP contribution in [0.1, 0.15) is 24.8 Å². The van der Waals surface area contributed by atoms with Crippen LogP contribution in [0.2, 0.25) is 0 Å². The van der Waals surface area contributed by atoms with Crippen molar-refractivity contribution in [2.45, 2.75) is 31.7 Å². The van der Waals surface area contributed by atoms with E-state index in [2.05, 4.69) is 4.72 Å². The van der Waals surface area contributed by atoms with E-state index >= 15 is 0 Å². The van der Waals surface area contributed by atoms with Gasteiger partial charge in [0.2, 0.25) is 10.0 Å². The molecule has 110 valence electrons. The van der Waals surface area contributed by atoms with Gasteiger partial charge in [0.15, 0.2) is 0 Å². The van der Waals surface area contributed by atoms with Crippen molar-refractivity contribution in [1.82, 2.24) is 4.72 Å². The summed E-state index contributed by atoms with van der Waals surface area (Å²) >= 11 is 0. The Morgan fingerprint density at radius 1 is 1.25 bits per heavy atom. The van der Waals surface area contributed by atoms with E-state index in [0.29, 0.717) is 19.3 Å². The van der Waals surface area contributed by atoms with Gasteiger partial charge in [0.1, 0.15) is 0 Å². The Morgan fingerprint density at radius 2 is 1.95 bits per heavy atom. The van der Waals surface area contributed by atoms with Gasteiger partial charge < -0.3 is 5.11 Å². The van der Waals surface area contributed by atoms with Crippen molar-refractivity contribution in [3.63, 3.8) is 0 Å². The largest absolute Gasteiger partial charge is 0.481 e. The van der Waals surface area contributed by atoms with Crippen LogP contribution < -0.4 is 4.72 Å². The van der Waals surface area contributed by atoms with Crippen LogP contribution in [0.25, 0.3) is 0 Å². The van der Waals surface area contributed by atoms with Crippen molar-refractivity contribution in [3.05, 3.63) is 35.9 Å². The first-order valence-corrected chi connectivity index (χ1v) is 8.40. The highest BCUT2D eigenvalue weighted by Crippen LogP contribution is 2.26. The van der Waals surface area contributed by atoms with Crippen LogP contribution in [0.5, 0.6) is 0 Å². The summed E-state index contributed by atoms with van der Waals surface area (Å²) in [5.74, 6) is -1.53. The van der Waals surface area contributed by atoms with E-state index in [9.17, 15) is 13.2 Å². The number of rotatable bonds is 6. The van der Waals surface area contributed by atoms with Crippen LogP contribution in [-0.4, -0.2) is 31.3 Å². The Labute approximate surface area is 119 Å². The number of carboxylic acid groups (broad SMARTS) is 1. The number of sulfonamides is 1. The number of aryl methyl sites for hydroxylation is 1. The number of benzene rings is 1. The van der Waals surface area contributed by atoms with Gasteiger partial charge in [-0.25, -0.2) is 13.1 Å². The lowest BCUT2D eigenvalue weighted by atomic mass is 10.1. The van der Waals surface area contributed by atoms with Crippen LogP contribution in [0.3, 0.4) is 0 Å². The first-order chi connectivity index (χ1) is 9.48. The first-order valence-electron chi connectivity index (χ1n) is 6.75. The quantitative estimate of drug-likeness (QED) is 0.831. The van der Waals surface area contributed by atoms with E-state index in [1.165, 1.54) is 0 Å². The van der Waals surface area contributed by atoms with Crippen LogP contribution in [0.15, 0.2) is 30.3 Å². The number of carboxylic acids is 1. The van der Waals surface area contributed by atoms with Gasteiger partial charge in [-0.1, -0.05) is 36.8 Å². The number of hydrogen-bond donors (Lipinski definition) is 2. The van der Waals surface area contributed by atoms with Crippen molar-refractivity contribution < 1.29 is 18.3 Å².